The van der Waals surface area contributed by atoms with E-state index < -0.39 is 0 Å². The van der Waals surface area contributed by atoms with Gasteiger partial charge in [0.05, 0.1) is 0 Å². The number of nitrogens with two attached hydrogens (primary N) is 1. The van der Waals surface area contributed by atoms with Gasteiger partial charge in [-0.05, 0) is 18.9 Å². The third kappa shape index (κ3) is 2.59. The monoisotopic (exact) mass is 287 g/mol. The SMILES string of the molecule is NCC1CCN(C(=O)c2csc(-c3ccccc3)n2)C1. The molecule has 104 valence electrons. The molecule has 1 aromatic carbocycles. The summed E-state index contributed by atoms with van der Waals surface area (Å²) in [4.78, 5) is 18.7. The largest absolute Gasteiger partial charge is 0.337 e. The van der Waals surface area contributed by atoms with Crippen LogP contribution in [-0.4, -0.2) is 35.4 Å². The van der Waals surface area contributed by atoms with Crippen LogP contribution >= 0.6 is 11.3 Å². The molecular formula is C15H17N3OS. The minimum atomic E-state index is 0.0272. The summed E-state index contributed by atoms with van der Waals surface area (Å²) in [6.07, 6.45) is 0.998. The standard InChI is InChI=1S/C15H17N3OS/c16-8-11-6-7-18(9-11)15(19)13-10-20-14(17-13)12-4-2-1-3-5-12/h1-5,10-11H,6-9,16H2. The zero-order valence-electron chi connectivity index (χ0n) is 11.2. The lowest BCUT2D eigenvalue weighted by Crippen LogP contribution is -2.30. The minimum Gasteiger partial charge on any atom is -0.337 e. The molecule has 5 heteroatoms. The van der Waals surface area contributed by atoms with Gasteiger partial charge in [-0.3, -0.25) is 4.79 Å². The Bertz CT molecular complexity index is 596. The second kappa shape index (κ2) is 5.73. The maximum atomic E-state index is 12.4. The fraction of sp³-hybridized carbons (Fsp3) is 0.333. The van der Waals surface area contributed by atoms with Crippen LogP contribution in [0.4, 0.5) is 0 Å². The first-order valence-corrected chi connectivity index (χ1v) is 7.66. The molecule has 0 bridgehead atoms. The molecule has 1 aromatic heterocycles. The predicted octanol–water partition coefficient (Wildman–Crippen LogP) is 2.23. The fourth-order valence-electron chi connectivity index (χ4n) is 2.46. The molecule has 1 saturated heterocycles. The molecule has 0 radical (unpaired) electrons. The highest BCUT2D eigenvalue weighted by Crippen LogP contribution is 2.25. The molecule has 1 aliphatic heterocycles. The van der Waals surface area contributed by atoms with Gasteiger partial charge < -0.3 is 10.6 Å². The molecule has 0 spiro atoms. The van der Waals surface area contributed by atoms with E-state index in [1.807, 2.05) is 40.6 Å². The molecule has 3 rings (SSSR count). The van der Waals surface area contributed by atoms with Crippen LogP contribution in [0.15, 0.2) is 35.7 Å². The van der Waals surface area contributed by atoms with Crippen LogP contribution < -0.4 is 5.73 Å². The van der Waals surface area contributed by atoms with Crippen LogP contribution in [-0.2, 0) is 0 Å². The molecular weight excluding hydrogens is 270 g/mol. The summed E-state index contributed by atoms with van der Waals surface area (Å²) in [5.74, 6) is 0.463. The normalized spacial score (nSPS) is 18.4. The van der Waals surface area contributed by atoms with Crippen LogP contribution in [0, 0.1) is 5.92 Å². The van der Waals surface area contributed by atoms with Gasteiger partial charge in [-0.15, -0.1) is 11.3 Å². The van der Waals surface area contributed by atoms with Crippen molar-refractivity contribution in [1.29, 1.82) is 0 Å². The Labute approximate surface area is 122 Å². The van der Waals surface area contributed by atoms with Crippen LogP contribution in [0.2, 0.25) is 0 Å². The highest BCUT2D eigenvalue weighted by atomic mass is 32.1. The maximum absolute atomic E-state index is 12.4. The van der Waals surface area contributed by atoms with E-state index >= 15 is 0 Å². The van der Waals surface area contributed by atoms with Crippen molar-refractivity contribution in [1.82, 2.24) is 9.88 Å². The molecule has 1 fully saturated rings. The smallest absolute Gasteiger partial charge is 0.273 e. The van der Waals surface area contributed by atoms with E-state index in [1.165, 1.54) is 11.3 Å². The first-order valence-electron chi connectivity index (χ1n) is 6.78. The van der Waals surface area contributed by atoms with Crippen LogP contribution in [0.1, 0.15) is 16.9 Å². The number of hydrogen-bond donors (Lipinski definition) is 1. The second-order valence-electron chi connectivity index (χ2n) is 5.05. The summed E-state index contributed by atoms with van der Waals surface area (Å²) in [5.41, 5.74) is 7.26. The van der Waals surface area contributed by atoms with Crippen molar-refractivity contribution in [3.8, 4) is 10.6 Å². The average Bonchev–Trinajstić information content (AvgIpc) is 3.17. The summed E-state index contributed by atoms with van der Waals surface area (Å²) in [6.45, 7) is 2.20. The maximum Gasteiger partial charge on any atom is 0.273 e. The molecule has 0 saturated carbocycles. The topological polar surface area (TPSA) is 59.2 Å². The number of likely N-dealkylation sites (tertiary alicyclic amines) is 1. The number of hydrogen-bond acceptors (Lipinski definition) is 4. The van der Waals surface area contributed by atoms with Crippen molar-refractivity contribution in [3.05, 3.63) is 41.4 Å². The van der Waals surface area contributed by atoms with E-state index in [0.717, 1.165) is 30.1 Å². The van der Waals surface area contributed by atoms with Gasteiger partial charge in [0, 0.05) is 24.0 Å². The number of aromatic nitrogens is 1. The van der Waals surface area contributed by atoms with Crippen molar-refractivity contribution in [3.63, 3.8) is 0 Å². The van der Waals surface area contributed by atoms with E-state index in [1.54, 1.807) is 0 Å². The van der Waals surface area contributed by atoms with Crippen molar-refractivity contribution in [2.75, 3.05) is 19.6 Å². The van der Waals surface area contributed by atoms with E-state index in [4.69, 9.17) is 5.73 Å². The summed E-state index contributed by atoms with van der Waals surface area (Å²) >= 11 is 1.51. The number of nitrogens with zero attached hydrogens (tertiary/aromatic N) is 2. The van der Waals surface area contributed by atoms with Gasteiger partial charge in [0.1, 0.15) is 10.7 Å². The molecule has 1 unspecified atom stereocenters. The molecule has 1 amide bonds. The summed E-state index contributed by atoms with van der Waals surface area (Å²) in [7, 11) is 0. The second-order valence-corrected chi connectivity index (χ2v) is 5.90. The summed E-state index contributed by atoms with van der Waals surface area (Å²) in [6, 6.07) is 9.94. The van der Waals surface area contributed by atoms with E-state index in [2.05, 4.69) is 4.98 Å². The first-order chi connectivity index (χ1) is 9.78. The van der Waals surface area contributed by atoms with Crippen molar-refractivity contribution in [2.24, 2.45) is 11.7 Å². The Balaban J connectivity index is 1.76. The zero-order chi connectivity index (χ0) is 13.9. The molecule has 4 nitrogen and oxygen atoms in total. The lowest BCUT2D eigenvalue weighted by Gasteiger charge is -2.14. The van der Waals surface area contributed by atoms with Gasteiger partial charge in [0.25, 0.3) is 5.91 Å². The Morgan fingerprint density at radius 3 is 2.90 bits per heavy atom. The van der Waals surface area contributed by atoms with Crippen LogP contribution in [0.3, 0.4) is 0 Å². The van der Waals surface area contributed by atoms with Crippen LogP contribution in [0.25, 0.3) is 10.6 Å². The fourth-order valence-corrected chi connectivity index (χ4v) is 3.26. The highest BCUT2D eigenvalue weighted by Gasteiger charge is 2.27. The Morgan fingerprint density at radius 2 is 2.20 bits per heavy atom. The van der Waals surface area contributed by atoms with Gasteiger partial charge in [0.15, 0.2) is 0 Å². The predicted molar refractivity (Wildman–Crippen MR) is 80.6 cm³/mol. The Kier molecular flexibility index (Phi) is 3.80. The summed E-state index contributed by atoms with van der Waals surface area (Å²) < 4.78 is 0. The van der Waals surface area contributed by atoms with E-state index in [-0.39, 0.29) is 5.91 Å². The summed E-state index contributed by atoms with van der Waals surface area (Å²) in [5, 5.41) is 2.74. The number of thiazole rings is 1. The molecule has 2 aromatic rings. The molecule has 2 heterocycles. The number of carbonyl (C=O) groups is 1. The molecule has 1 atom stereocenters. The quantitative estimate of drug-likeness (QED) is 0.941. The molecule has 0 aliphatic carbocycles. The van der Waals surface area contributed by atoms with Gasteiger partial charge in [0.2, 0.25) is 0 Å². The van der Waals surface area contributed by atoms with Gasteiger partial charge >= 0.3 is 0 Å². The van der Waals surface area contributed by atoms with E-state index in [0.29, 0.717) is 18.2 Å². The zero-order valence-corrected chi connectivity index (χ0v) is 12.0. The van der Waals surface area contributed by atoms with Crippen molar-refractivity contribution >= 4 is 17.2 Å². The molecule has 20 heavy (non-hydrogen) atoms. The number of amides is 1. The third-order valence-corrected chi connectivity index (χ3v) is 4.54. The third-order valence-electron chi connectivity index (χ3n) is 3.65. The number of benzene rings is 1. The van der Waals surface area contributed by atoms with Gasteiger partial charge in [-0.2, -0.15) is 0 Å². The minimum absolute atomic E-state index is 0.0272. The molecule has 1 aliphatic rings. The van der Waals surface area contributed by atoms with Crippen molar-refractivity contribution < 1.29 is 4.79 Å². The lowest BCUT2D eigenvalue weighted by molar-refractivity contribution is 0.0783. The number of carbonyl (C=O) groups excluding carboxylic acids is 1. The Hall–Kier alpha value is -1.72. The first kappa shape index (κ1) is 13.3. The highest BCUT2D eigenvalue weighted by molar-refractivity contribution is 7.13. The van der Waals surface area contributed by atoms with Gasteiger partial charge in [-0.25, -0.2) is 4.98 Å². The number of rotatable bonds is 3. The lowest BCUT2D eigenvalue weighted by atomic mass is 10.1. The molecule has 2 N–H and O–H groups in total. The van der Waals surface area contributed by atoms with Gasteiger partial charge in [-0.1, -0.05) is 30.3 Å². The van der Waals surface area contributed by atoms with E-state index in [9.17, 15) is 4.79 Å². The van der Waals surface area contributed by atoms with Crippen LogP contribution in [0.5, 0.6) is 0 Å². The van der Waals surface area contributed by atoms with Crippen molar-refractivity contribution in [2.45, 2.75) is 6.42 Å². The average molecular weight is 287 g/mol. The Morgan fingerprint density at radius 1 is 1.40 bits per heavy atom.